The summed E-state index contributed by atoms with van der Waals surface area (Å²) in [6.45, 7) is 5.15. The zero-order chi connectivity index (χ0) is 17.0. The van der Waals surface area contributed by atoms with Crippen molar-refractivity contribution in [1.82, 2.24) is 9.55 Å². The third kappa shape index (κ3) is 4.26. The number of hydrogen-bond donors (Lipinski definition) is 1. The van der Waals surface area contributed by atoms with Crippen LogP contribution in [0.4, 0.5) is 0 Å². The Morgan fingerprint density at radius 1 is 1.33 bits per heavy atom. The summed E-state index contributed by atoms with van der Waals surface area (Å²) in [4.78, 5) is 15.2. The van der Waals surface area contributed by atoms with E-state index >= 15 is 0 Å². The molecule has 1 saturated carbocycles. The van der Waals surface area contributed by atoms with E-state index in [2.05, 4.69) is 16.5 Å². The highest BCUT2D eigenvalue weighted by molar-refractivity contribution is 5.17. The maximum Gasteiger partial charge on any atom is 0.221 e. The monoisotopic (exact) mass is 334 g/mol. The van der Waals surface area contributed by atoms with Crippen LogP contribution in [-0.2, 0) is 16.3 Å². The van der Waals surface area contributed by atoms with Crippen molar-refractivity contribution in [3.8, 4) is 0 Å². The second kappa shape index (κ2) is 7.81. The van der Waals surface area contributed by atoms with E-state index in [0.29, 0.717) is 0 Å². The number of nitrogens with zero attached hydrogens (tertiary/aromatic N) is 2. The molecular weight excluding hydrogens is 304 g/mol. The molecule has 3 rings (SSSR count). The fraction of sp³-hybridized carbons (Fsp3) is 0.737. The normalized spacial score (nSPS) is 33.6. The van der Waals surface area contributed by atoms with Crippen LogP contribution in [0.5, 0.6) is 0 Å². The Morgan fingerprint density at radius 3 is 2.75 bits per heavy atom. The molecule has 2 aliphatic carbocycles. The Kier molecular flexibility index (Phi) is 5.74. The minimum absolute atomic E-state index is 0.0546. The molecule has 1 heterocycles. The lowest BCUT2D eigenvalue weighted by atomic mass is 9.85. The fourth-order valence-corrected chi connectivity index (χ4v) is 3.80. The molecule has 0 saturated heterocycles. The van der Waals surface area contributed by atoms with Crippen LogP contribution >= 0.6 is 0 Å². The van der Waals surface area contributed by atoms with Gasteiger partial charge in [0.05, 0.1) is 12.4 Å². The van der Waals surface area contributed by atoms with Gasteiger partial charge >= 0.3 is 0 Å². The Labute approximate surface area is 144 Å². The summed E-state index contributed by atoms with van der Waals surface area (Å²) in [5, 5.41) is 10.6. The van der Waals surface area contributed by atoms with Crippen LogP contribution in [0.15, 0.2) is 30.4 Å². The molecule has 5 heteroatoms. The van der Waals surface area contributed by atoms with Crippen molar-refractivity contribution in [3.63, 3.8) is 0 Å². The summed E-state index contributed by atoms with van der Waals surface area (Å²) in [6, 6.07) is 0. The summed E-state index contributed by atoms with van der Waals surface area (Å²) in [5.74, 6) is -0.449. The van der Waals surface area contributed by atoms with Gasteiger partial charge in [0.2, 0.25) is 5.79 Å². The molecule has 0 aliphatic heterocycles. The van der Waals surface area contributed by atoms with Crippen LogP contribution in [-0.4, -0.2) is 26.5 Å². The smallest absolute Gasteiger partial charge is 0.221 e. The number of aliphatic hydroxyl groups is 1. The first-order valence-electron chi connectivity index (χ1n) is 9.32. The van der Waals surface area contributed by atoms with Crippen LogP contribution in [0.1, 0.15) is 58.8 Å². The van der Waals surface area contributed by atoms with Crippen molar-refractivity contribution in [1.29, 1.82) is 0 Å². The van der Waals surface area contributed by atoms with Gasteiger partial charge in [0.15, 0.2) is 0 Å². The van der Waals surface area contributed by atoms with E-state index in [-0.39, 0.29) is 12.0 Å². The molecule has 0 aromatic carbocycles. The third-order valence-electron chi connectivity index (χ3n) is 5.61. The van der Waals surface area contributed by atoms with Crippen LogP contribution in [0.2, 0.25) is 0 Å². The van der Waals surface area contributed by atoms with Crippen molar-refractivity contribution >= 4 is 0 Å². The minimum Gasteiger partial charge on any atom is -0.360 e. The Hall–Kier alpha value is -1.17. The Morgan fingerprint density at radius 2 is 2.12 bits per heavy atom. The fourth-order valence-electron chi connectivity index (χ4n) is 3.80. The van der Waals surface area contributed by atoms with E-state index in [1.165, 1.54) is 12.0 Å². The van der Waals surface area contributed by atoms with Gasteiger partial charge in [-0.25, -0.2) is 9.87 Å². The Balaban J connectivity index is 1.39. The average molecular weight is 334 g/mol. The highest BCUT2D eigenvalue weighted by atomic mass is 17.2. The predicted octanol–water partition coefficient (Wildman–Crippen LogP) is 3.85. The van der Waals surface area contributed by atoms with Gasteiger partial charge in [0.25, 0.3) is 0 Å². The molecule has 1 aromatic heterocycles. The van der Waals surface area contributed by atoms with Gasteiger partial charge in [0, 0.05) is 24.9 Å². The largest absolute Gasteiger partial charge is 0.360 e. The molecule has 1 fully saturated rings. The highest BCUT2D eigenvalue weighted by Crippen LogP contribution is 2.37. The summed E-state index contributed by atoms with van der Waals surface area (Å²) in [5.41, 5.74) is 1.25. The van der Waals surface area contributed by atoms with Crippen LogP contribution < -0.4 is 0 Å². The lowest BCUT2D eigenvalue weighted by Crippen LogP contribution is -2.36. The summed E-state index contributed by atoms with van der Waals surface area (Å²) in [6.07, 6.45) is 15.0. The maximum atomic E-state index is 10.6. The van der Waals surface area contributed by atoms with Gasteiger partial charge in [-0.3, -0.25) is 0 Å². The van der Waals surface area contributed by atoms with Gasteiger partial charge in [-0.15, -0.1) is 0 Å². The number of aromatic nitrogens is 2. The van der Waals surface area contributed by atoms with Crippen LogP contribution in [0.25, 0.3) is 0 Å². The molecule has 0 spiro atoms. The first kappa shape index (κ1) is 17.6. The quantitative estimate of drug-likeness (QED) is 0.356. The highest BCUT2D eigenvalue weighted by Gasteiger charge is 2.40. The number of aryl methyl sites for hydroxylation is 1. The van der Waals surface area contributed by atoms with Crippen molar-refractivity contribution in [3.05, 3.63) is 30.4 Å². The van der Waals surface area contributed by atoms with Gasteiger partial charge in [-0.2, -0.15) is 4.89 Å². The van der Waals surface area contributed by atoms with Crippen molar-refractivity contribution < 1.29 is 14.9 Å². The van der Waals surface area contributed by atoms with Gasteiger partial charge < -0.3 is 9.67 Å². The minimum atomic E-state index is -1.25. The second-order valence-electron chi connectivity index (χ2n) is 7.42. The summed E-state index contributed by atoms with van der Waals surface area (Å²) in [7, 11) is 0. The first-order valence-corrected chi connectivity index (χ1v) is 9.32. The van der Waals surface area contributed by atoms with Gasteiger partial charge in [-0.05, 0) is 56.9 Å². The number of allylic oxidation sites excluding steroid dienone is 1. The molecule has 0 amide bonds. The molecule has 24 heavy (non-hydrogen) atoms. The lowest BCUT2D eigenvalue weighted by molar-refractivity contribution is -0.432. The third-order valence-corrected chi connectivity index (χ3v) is 5.61. The van der Waals surface area contributed by atoms with E-state index in [1.54, 1.807) is 0 Å². The van der Waals surface area contributed by atoms with Crippen molar-refractivity contribution in [2.24, 2.45) is 11.8 Å². The zero-order valence-electron chi connectivity index (χ0n) is 14.9. The van der Waals surface area contributed by atoms with Crippen molar-refractivity contribution in [2.75, 3.05) is 0 Å². The van der Waals surface area contributed by atoms with E-state index < -0.39 is 5.79 Å². The molecule has 134 valence electrons. The molecule has 5 nitrogen and oxygen atoms in total. The van der Waals surface area contributed by atoms with Gasteiger partial charge in [-0.1, -0.05) is 19.4 Å². The molecule has 1 N–H and O–H groups in total. The molecular formula is C19H30N2O3. The predicted molar refractivity (Wildman–Crippen MR) is 91.9 cm³/mol. The molecule has 0 radical (unpaired) electrons. The van der Waals surface area contributed by atoms with Crippen LogP contribution in [0.3, 0.4) is 0 Å². The van der Waals surface area contributed by atoms with Crippen LogP contribution in [0, 0.1) is 11.8 Å². The molecule has 2 unspecified atom stereocenters. The number of rotatable bonds is 7. The van der Waals surface area contributed by atoms with Gasteiger partial charge in [0.1, 0.15) is 0 Å². The van der Waals surface area contributed by atoms with E-state index in [1.807, 2.05) is 31.7 Å². The number of hydrogen-bond acceptors (Lipinski definition) is 4. The van der Waals surface area contributed by atoms with E-state index in [4.69, 9.17) is 9.78 Å². The molecule has 2 aliphatic rings. The van der Waals surface area contributed by atoms with E-state index in [0.717, 1.165) is 51.0 Å². The molecule has 2 atom stereocenters. The standard InChI is InChI=1S/C19H30N2O3/c1-3-16-12-15(2)19(22,13-16)24-23-18-6-4-17(5-7-18)8-10-21-11-9-20-14-21/h9,11,13-15,17-18,22H,3-8,10,12H2,1-2H3. The SMILES string of the molecule is CCC1=CC(O)(OOC2CCC(CCn3ccnc3)CC2)C(C)C1. The topological polar surface area (TPSA) is 56.5 Å². The average Bonchev–Trinajstić information content (AvgIpc) is 3.21. The lowest BCUT2D eigenvalue weighted by Gasteiger charge is -2.31. The summed E-state index contributed by atoms with van der Waals surface area (Å²) < 4.78 is 2.14. The second-order valence-corrected chi connectivity index (χ2v) is 7.42. The molecule has 0 bridgehead atoms. The number of imidazole rings is 1. The zero-order valence-corrected chi connectivity index (χ0v) is 14.9. The Bertz CT molecular complexity index is 535. The maximum absolute atomic E-state index is 10.6. The van der Waals surface area contributed by atoms with E-state index in [9.17, 15) is 5.11 Å². The summed E-state index contributed by atoms with van der Waals surface area (Å²) >= 11 is 0. The first-order chi connectivity index (χ1) is 11.6. The molecule has 1 aromatic rings. The van der Waals surface area contributed by atoms with Crippen molar-refractivity contribution in [2.45, 2.75) is 77.2 Å².